The van der Waals surface area contributed by atoms with Crippen molar-refractivity contribution in [2.45, 2.75) is 6.42 Å². The number of amides is 2. The summed E-state index contributed by atoms with van der Waals surface area (Å²) in [6.45, 7) is 0. The van der Waals surface area contributed by atoms with Gasteiger partial charge in [0, 0.05) is 12.1 Å². The predicted octanol–water partition coefficient (Wildman–Crippen LogP) is 2.56. The molecule has 6 nitrogen and oxygen atoms in total. The standard InChI is InChI=1S/C15H11ClN2O4/c16-10-4-3-9(18(21)22)6-11(10)17-14(19)12-7-1-2-8(5-7)13(12)15(17)20/h1-4,6-8,12-13H,5H2/t7-,8-,12-,13+/m1/s1. The number of imide groups is 1. The van der Waals surface area contributed by atoms with Crippen LogP contribution in [0, 0.1) is 33.8 Å². The molecule has 2 fully saturated rings. The summed E-state index contributed by atoms with van der Waals surface area (Å²) in [6.07, 6.45) is 4.83. The summed E-state index contributed by atoms with van der Waals surface area (Å²) in [7, 11) is 0. The lowest BCUT2D eigenvalue weighted by Gasteiger charge is -2.18. The minimum atomic E-state index is -0.572. The van der Waals surface area contributed by atoms with E-state index in [1.807, 2.05) is 12.2 Å². The monoisotopic (exact) mass is 318 g/mol. The van der Waals surface area contributed by atoms with Gasteiger partial charge in [-0.25, -0.2) is 4.90 Å². The maximum absolute atomic E-state index is 12.7. The number of allylic oxidation sites excluding steroid dienone is 2. The fraction of sp³-hybridized carbons (Fsp3) is 0.333. The molecule has 1 aliphatic heterocycles. The number of halogens is 1. The van der Waals surface area contributed by atoms with Gasteiger partial charge in [0.1, 0.15) is 0 Å². The summed E-state index contributed by atoms with van der Waals surface area (Å²) in [5, 5.41) is 11.1. The molecule has 2 bridgehead atoms. The summed E-state index contributed by atoms with van der Waals surface area (Å²) >= 11 is 6.07. The van der Waals surface area contributed by atoms with Crippen LogP contribution in [0.5, 0.6) is 0 Å². The second-order valence-corrected chi connectivity index (χ2v) is 6.31. The van der Waals surface area contributed by atoms with Crippen LogP contribution in [0.2, 0.25) is 5.02 Å². The highest BCUT2D eigenvalue weighted by atomic mass is 35.5. The predicted molar refractivity (Wildman–Crippen MR) is 78.3 cm³/mol. The molecule has 0 aromatic heterocycles. The number of nitro benzene ring substituents is 1. The van der Waals surface area contributed by atoms with Gasteiger partial charge in [-0.1, -0.05) is 23.8 Å². The van der Waals surface area contributed by atoms with Gasteiger partial charge < -0.3 is 0 Å². The molecule has 4 atom stereocenters. The number of benzene rings is 1. The average Bonchev–Trinajstić information content (AvgIpc) is 3.14. The van der Waals surface area contributed by atoms with Crippen LogP contribution in [0.4, 0.5) is 11.4 Å². The molecule has 1 saturated carbocycles. The minimum Gasteiger partial charge on any atom is -0.274 e. The van der Waals surface area contributed by atoms with Crippen molar-refractivity contribution in [3.05, 3.63) is 45.5 Å². The Balaban J connectivity index is 1.79. The van der Waals surface area contributed by atoms with E-state index in [0.29, 0.717) is 0 Å². The van der Waals surface area contributed by atoms with Crippen molar-refractivity contribution < 1.29 is 14.5 Å². The molecule has 22 heavy (non-hydrogen) atoms. The van der Waals surface area contributed by atoms with Crippen LogP contribution in [0.25, 0.3) is 0 Å². The van der Waals surface area contributed by atoms with Crippen molar-refractivity contribution in [1.82, 2.24) is 0 Å². The Morgan fingerprint density at radius 2 is 1.73 bits per heavy atom. The lowest BCUT2D eigenvalue weighted by molar-refractivity contribution is -0.384. The second kappa shape index (κ2) is 4.39. The van der Waals surface area contributed by atoms with Gasteiger partial charge in [0.15, 0.2) is 0 Å². The van der Waals surface area contributed by atoms with Crippen LogP contribution in [0.1, 0.15) is 6.42 Å². The number of fused-ring (bicyclic) bond motifs is 5. The zero-order valence-electron chi connectivity index (χ0n) is 11.3. The summed E-state index contributed by atoms with van der Waals surface area (Å²) in [6, 6.07) is 3.79. The number of hydrogen-bond donors (Lipinski definition) is 0. The molecule has 0 unspecified atom stereocenters. The van der Waals surface area contributed by atoms with Gasteiger partial charge in [-0.05, 0) is 24.3 Å². The Morgan fingerprint density at radius 1 is 1.14 bits per heavy atom. The van der Waals surface area contributed by atoms with Crippen LogP contribution in [0.15, 0.2) is 30.4 Å². The molecule has 1 saturated heterocycles. The van der Waals surface area contributed by atoms with E-state index in [1.54, 1.807) is 0 Å². The van der Waals surface area contributed by atoms with Crippen molar-refractivity contribution in [2.75, 3.05) is 4.90 Å². The molecule has 112 valence electrons. The van der Waals surface area contributed by atoms with E-state index in [0.717, 1.165) is 11.3 Å². The van der Waals surface area contributed by atoms with Crippen molar-refractivity contribution in [2.24, 2.45) is 23.7 Å². The van der Waals surface area contributed by atoms with Crippen LogP contribution < -0.4 is 4.90 Å². The molecule has 2 amide bonds. The van der Waals surface area contributed by atoms with E-state index in [2.05, 4.69) is 0 Å². The second-order valence-electron chi connectivity index (χ2n) is 5.90. The third-order valence-electron chi connectivity index (χ3n) is 4.85. The van der Waals surface area contributed by atoms with Crippen LogP contribution in [0.3, 0.4) is 0 Å². The van der Waals surface area contributed by atoms with E-state index < -0.39 is 4.92 Å². The molecule has 0 spiro atoms. The summed E-state index contributed by atoms with van der Waals surface area (Å²) in [4.78, 5) is 36.7. The van der Waals surface area contributed by atoms with Crippen LogP contribution in [-0.4, -0.2) is 16.7 Å². The highest BCUT2D eigenvalue weighted by Crippen LogP contribution is 2.53. The molecule has 0 N–H and O–H groups in total. The molecular formula is C15H11ClN2O4. The van der Waals surface area contributed by atoms with Gasteiger partial charge in [0.25, 0.3) is 5.69 Å². The quantitative estimate of drug-likeness (QED) is 0.363. The van der Waals surface area contributed by atoms with Crippen molar-refractivity contribution in [3.63, 3.8) is 0 Å². The number of nitrogens with zero attached hydrogens (tertiary/aromatic N) is 2. The normalized spacial score (nSPS) is 32.0. The van der Waals surface area contributed by atoms with Crippen molar-refractivity contribution >= 4 is 34.8 Å². The van der Waals surface area contributed by atoms with E-state index in [4.69, 9.17) is 11.6 Å². The number of non-ortho nitro benzene ring substituents is 1. The van der Waals surface area contributed by atoms with E-state index in [-0.39, 0.29) is 51.9 Å². The van der Waals surface area contributed by atoms with E-state index >= 15 is 0 Å². The molecule has 2 aliphatic carbocycles. The highest BCUT2D eigenvalue weighted by Gasteiger charge is 2.59. The first kappa shape index (κ1) is 13.5. The Bertz CT molecular complexity index is 730. The van der Waals surface area contributed by atoms with Crippen molar-refractivity contribution in [3.8, 4) is 0 Å². The Kier molecular flexibility index (Phi) is 2.69. The summed E-state index contributed by atoms with van der Waals surface area (Å²) in [5.41, 5.74) is -0.0853. The topological polar surface area (TPSA) is 80.5 Å². The molecule has 3 aliphatic rings. The molecule has 4 rings (SSSR count). The van der Waals surface area contributed by atoms with E-state index in [1.165, 1.54) is 18.2 Å². The third kappa shape index (κ3) is 1.61. The van der Waals surface area contributed by atoms with Crippen LogP contribution in [-0.2, 0) is 9.59 Å². The van der Waals surface area contributed by atoms with Gasteiger partial charge >= 0.3 is 0 Å². The first-order chi connectivity index (χ1) is 10.5. The minimum absolute atomic E-state index is 0.0916. The SMILES string of the molecule is O=C1[C@@H]2[C@H](C(=O)N1c1cc([N+](=O)[O-])ccc1Cl)[C@@H]1C=C[C@@H]2C1. The molecule has 1 aromatic carbocycles. The number of rotatable bonds is 2. The molecule has 7 heteroatoms. The average molecular weight is 319 g/mol. The van der Waals surface area contributed by atoms with Gasteiger partial charge in [-0.2, -0.15) is 0 Å². The zero-order valence-corrected chi connectivity index (χ0v) is 12.1. The largest absolute Gasteiger partial charge is 0.274 e. The number of carbonyl (C=O) groups is 2. The lowest BCUT2D eigenvalue weighted by atomic mass is 9.85. The van der Waals surface area contributed by atoms with Gasteiger partial charge in [-0.15, -0.1) is 0 Å². The molecular weight excluding hydrogens is 308 g/mol. The Morgan fingerprint density at radius 3 is 2.27 bits per heavy atom. The fourth-order valence-electron chi connectivity index (χ4n) is 3.93. The summed E-state index contributed by atoms with van der Waals surface area (Å²) < 4.78 is 0. The van der Waals surface area contributed by atoms with Gasteiger partial charge in [-0.3, -0.25) is 19.7 Å². The smallest absolute Gasteiger partial charge is 0.271 e. The number of nitro groups is 1. The molecule has 1 aromatic rings. The maximum atomic E-state index is 12.7. The maximum Gasteiger partial charge on any atom is 0.271 e. The Hall–Kier alpha value is -2.21. The van der Waals surface area contributed by atoms with Crippen molar-refractivity contribution in [1.29, 1.82) is 0 Å². The summed E-state index contributed by atoms with van der Waals surface area (Å²) in [5.74, 6) is -1.11. The van der Waals surface area contributed by atoms with E-state index in [9.17, 15) is 19.7 Å². The zero-order chi connectivity index (χ0) is 15.6. The number of anilines is 1. The van der Waals surface area contributed by atoms with Gasteiger partial charge in [0.2, 0.25) is 11.8 Å². The number of hydrogen-bond acceptors (Lipinski definition) is 4. The highest BCUT2D eigenvalue weighted by molar-refractivity contribution is 6.36. The fourth-order valence-corrected chi connectivity index (χ4v) is 4.13. The third-order valence-corrected chi connectivity index (χ3v) is 5.17. The first-order valence-electron chi connectivity index (χ1n) is 6.99. The molecule has 0 radical (unpaired) electrons. The lowest BCUT2D eigenvalue weighted by Crippen LogP contribution is -2.33. The van der Waals surface area contributed by atoms with Gasteiger partial charge in [0.05, 0.1) is 27.5 Å². The van der Waals surface area contributed by atoms with Crippen LogP contribution >= 0.6 is 11.6 Å². The Labute approximate surface area is 130 Å². The first-order valence-corrected chi connectivity index (χ1v) is 7.37. The molecule has 1 heterocycles. The number of carbonyl (C=O) groups excluding carboxylic acids is 2.